The zero-order chi connectivity index (χ0) is 6.99. The summed E-state index contributed by atoms with van der Waals surface area (Å²) >= 11 is -3.40. The van der Waals surface area contributed by atoms with Crippen molar-refractivity contribution in [2.45, 2.75) is 13.3 Å². The summed E-state index contributed by atoms with van der Waals surface area (Å²) in [6.45, 7) is 2.88. The summed E-state index contributed by atoms with van der Waals surface area (Å²) < 4.78 is 24.3. The number of hydrogen-bond donors (Lipinski definition) is 2. The third kappa shape index (κ3) is 103. The van der Waals surface area contributed by atoms with Gasteiger partial charge < -0.3 is 14.1 Å². The highest BCUT2D eigenvalue weighted by Gasteiger charge is 1.86. The first-order valence-electron chi connectivity index (χ1n) is 2.09. The lowest BCUT2D eigenvalue weighted by Crippen LogP contribution is -2.30. The zero-order valence-corrected chi connectivity index (χ0v) is 6.22. The molecule has 4 nitrogen and oxygen atoms in total. The van der Waals surface area contributed by atoms with Crippen molar-refractivity contribution < 1.29 is 27.4 Å². The highest BCUT2D eigenvalue weighted by molar-refractivity contribution is 4.19. The Kier molecular flexibility index (Phi) is 14.4. The molecule has 0 aliphatic carbocycles. The molecule has 0 aliphatic rings. The molecule has 0 heterocycles. The van der Waals surface area contributed by atoms with Crippen molar-refractivity contribution in [1.82, 2.24) is 0 Å². The van der Waals surface area contributed by atoms with Crippen molar-refractivity contribution in [1.29, 1.82) is 0 Å². The van der Waals surface area contributed by atoms with E-state index in [1.165, 1.54) is 0 Å². The summed E-state index contributed by atoms with van der Waals surface area (Å²) in [4.78, 5) is 0. The quantitative estimate of drug-likeness (QED) is 0.472. The second kappa shape index (κ2) is 10.3. The minimum Gasteiger partial charge on any atom is -0.372 e. The summed E-state index contributed by atoms with van der Waals surface area (Å²) in [6.07, 6.45) is 1.10. The van der Waals surface area contributed by atoms with Crippen LogP contribution in [0.25, 0.3) is 0 Å². The molecule has 3 N–H and O–H groups in total. The molecule has 0 saturated carbocycles. The molecule has 0 unspecified atom stereocenters. The average molecular weight is 188 g/mol. The topological polar surface area (TPSA) is 92.4 Å². The number of halogens is 1. The fourth-order valence-corrected chi connectivity index (χ4v) is 0. The molecule has 52 valence electrons. The molecule has 0 radical (unpaired) electrons. The van der Waals surface area contributed by atoms with Crippen LogP contribution in [0, 0.1) is 14.8 Å². The van der Waals surface area contributed by atoms with Crippen molar-refractivity contribution in [2.24, 2.45) is 5.73 Å². The normalized spacial score (nSPS) is 8.25. The molecule has 0 aromatic heterocycles. The van der Waals surface area contributed by atoms with Crippen LogP contribution in [-0.2, 0) is 0 Å². The van der Waals surface area contributed by atoms with Crippen molar-refractivity contribution in [2.75, 3.05) is 6.54 Å². The second-order valence-electron chi connectivity index (χ2n) is 0.990. The summed E-state index contributed by atoms with van der Waals surface area (Å²) in [6, 6.07) is 0. The first kappa shape index (κ1) is 11.2. The van der Waals surface area contributed by atoms with Crippen LogP contribution in [0.3, 0.4) is 0 Å². The average Bonchev–Trinajstić information content (AvgIpc) is 1.65. The molecule has 0 rings (SSSR count). The standard InChI is InChI=1S/C3H9N.BrHO3/c1-2-3-4;2-1(3)4/h2-4H2,1H3;2H. The first-order valence-corrected chi connectivity index (χ1v) is 4.10. The molecular weight excluding hydrogens is 178 g/mol. The van der Waals surface area contributed by atoms with E-state index in [0.717, 1.165) is 13.0 Å². The van der Waals surface area contributed by atoms with Gasteiger partial charge >= 0.3 is 14.8 Å². The molecule has 0 saturated heterocycles. The van der Waals surface area contributed by atoms with E-state index in [1.54, 1.807) is 0 Å². The maximum Gasteiger partial charge on any atom is 0.433 e. The van der Waals surface area contributed by atoms with Gasteiger partial charge in [-0.2, -0.15) is 0 Å². The number of hydrogen-bond acceptors (Lipinski definition) is 4. The van der Waals surface area contributed by atoms with Crippen molar-refractivity contribution in [3.8, 4) is 0 Å². The van der Waals surface area contributed by atoms with E-state index in [2.05, 4.69) is 6.92 Å². The molecular formula is C3H10BrNO3. The van der Waals surface area contributed by atoms with Crippen molar-refractivity contribution >= 4 is 0 Å². The van der Waals surface area contributed by atoms with E-state index in [1.807, 2.05) is 0 Å². The third-order valence-electron chi connectivity index (χ3n) is 0.289. The van der Waals surface area contributed by atoms with Crippen molar-refractivity contribution in [3.05, 3.63) is 0 Å². The van der Waals surface area contributed by atoms with E-state index >= 15 is 0 Å². The highest BCUT2D eigenvalue weighted by atomic mass is 80.0. The van der Waals surface area contributed by atoms with Gasteiger partial charge in [0, 0.05) is 0 Å². The Hall–Kier alpha value is 0.320. The number of nitrogens with two attached hydrogens (primary N) is 1. The van der Waals surface area contributed by atoms with E-state index < -0.39 is 14.8 Å². The van der Waals surface area contributed by atoms with Gasteiger partial charge in [-0.15, -0.1) is 0 Å². The van der Waals surface area contributed by atoms with Gasteiger partial charge in [-0.3, -0.25) is 0 Å². The van der Waals surface area contributed by atoms with E-state index in [-0.39, 0.29) is 0 Å². The smallest absolute Gasteiger partial charge is 0.372 e. The SMILES string of the molecule is CCCN.[O-][Br+2]([O-])O. The lowest BCUT2D eigenvalue weighted by atomic mass is 10.5. The van der Waals surface area contributed by atoms with E-state index in [4.69, 9.17) is 18.3 Å². The summed E-state index contributed by atoms with van der Waals surface area (Å²) in [7, 11) is 0. The highest BCUT2D eigenvalue weighted by Crippen LogP contribution is 1.57. The van der Waals surface area contributed by atoms with Crippen LogP contribution in [0.5, 0.6) is 0 Å². The van der Waals surface area contributed by atoms with E-state index in [9.17, 15) is 0 Å². The molecule has 8 heavy (non-hydrogen) atoms. The lowest BCUT2D eigenvalue weighted by Gasteiger charge is -1.70. The Bertz CT molecular complexity index is 31.0. The molecule has 0 fully saturated rings. The second-order valence-corrected chi connectivity index (χ2v) is 1.83. The Morgan fingerprint density at radius 2 is 1.75 bits per heavy atom. The number of rotatable bonds is 1. The Morgan fingerprint density at radius 3 is 1.75 bits per heavy atom. The lowest BCUT2D eigenvalue weighted by molar-refractivity contribution is -1.63. The monoisotopic (exact) mass is 187 g/mol. The van der Waals surface area contributed by atoms with Crippen LogP contribution in [0.4, 0.5) is 0 Å². The van der Waals surface area contributed by atoms with Gasteiger partial charge in [0.25, 0.3) is 0 Å². The predicted molar refractivity (Wildman–Crippen MR) is 21.6 cm³/mol. The summed E-state index contributed by atoms with van der Waals surface area (Å²) in [5.41, 5.74) is 5.03. The van der Waals surface area contributed by atoms with Crippen LogP contribution >= 0.6 is 0 Å². The molecule has 0 aliphatic heterocycles. The van der Waals surface area contributed by atoms with Gasteiger partial charge in [-0.25, -0.2) is 0 Å². The molecule has 0 atom stereocenters. The molecule has 0 bridgehead atoms. The Labute approximate surface area is 53.8 Å². The molecule has 0 aromatic rings. The summed E-state index contributed by atoms with van der Waals surface area (Å²) in [5, 5.41) is 0. The van der Waals surface area contributed by atoms with E-state index in [0.29, 0.717) is 0 Å². The molecule has 0 amide bonds. The Morgan fingerprint density at radius 1 is 1.62 bits per heavy atom. The molecule has 5 heteroatoms. The van der Waals surface area contributed by atoms with Crippen LogP contribution in [0.1, 0.15) is 13.3 Å². The predicted octanol–water partition coefficient (Wildman–Crippen LogP) is -2.58. The van der Waals surface area contributed by atoms with Gasteiger partial charge in [-0.1, -0.05) is 6.92 Å². The van der Waals surface area contributed by atoms with Crippen LogP contribution in [-0.4, -0.2) is 10.7 Å². The van der Waals surface area contributed by atoms with Crippen LogP contribution < -0.4 is 14.1 Å². The largest absolute Gasteiger partial charge is 0.433 e. The van der Waals surface area contributed by atoms with Crippen molar-refractivity contribution in [3.63, 3.8) is 0 Å². The third-order valence-corrected chi connectivity index (χ3v) is 0.289. The zero-order valence-electron chi connectivity index (χ0n) is 4.63. The van der Waals surface area contributed by atoms with Crippen LogP contribution in [0.2, 0.25) is 0 Å². The van der Waals surface area contributed by atoms with Gasteiger partial charge in [0.2, 0.25) is 0 Å². The first-order chi connectivity index (χ1) is 3.65. The molecule has 0 aromatic carbocycles. The van der Waals surface area contributed by atoms with Gasteiger partial charge in [0.1, 0.15) is 0 Å². The maximum atomic E-state index is 8.63. The van der Waals surface area contributed by atoms with Gasteiger partial charge in [-0.05, 0) is 17.2 Å². The van der Waals surface area contributed by atoms with Gasteiger partial charge in [0.05, 0.1) is 0 Å². The maximum absolute atomic E-state index is 8.63. The minimum atomic E-state index is -3.40. The Balaban J connectivity index is 0. The molecule has 0 spiro atoms. The van der Waals surface area contributed by atoms with Gasteiger partial charge in [0.15, 0.2) is 0 Å². The fraction of sp³-hybridized carbons (Fsp3) is 1.00. The fourth-order valence-electron chi connectivity index (χ4n) is 0. The minimum absolute atomic E-state index is 0.819. The van der Waals surface area contributed by atoms with Crippen LogP contribution in [0.15, 0.2) is 0 Å². The summed E-state index contributed by atoms with van der Waals surface area (Å²) in [5.74, 6) is 0.